The number of fused-ring (bicyclic) bond motifs is 1. The van der Waals surface area contributed by atoms with Gasteiger partial charge in [0.25, 0.3) is 0 Å². The normalized spacial score (nSPS) is 9.09. The van der Waals surface area contributed by atoms with Crippen molar-refractivity contribution in [1.29, 1.82) is 0 Å². The Kier molecular flexibility index (Phi) is 2.76. The van der Waals surface area contributed by atoms with Gasteiger partial charge in [0.1, 0.15) is 0 Å². The number of hydrogen-bond donors (Lipinski definition) is 0. The third-order valence-corrected chi connectivity index (χ3v) is 1.38. The van der Waals surface area contributed by atoms with E-state index in [1.807, 2.05) is 24.3 Å². The van der Waals surface area contributed by atoms with Gasteiger partial charge in [0, 0.05) is 12.4 Å². The van der Waals surface area contributed by atoms with Gasteiger partial charge in [-0.05, 0) is 12.1 Å². The second kappa shape index (κ2) is 3.61. The van der Waals surface area contributed by atoms with Crippen LogP contribution in [-0.4, -0.2) is 9.97 Å². The molecule has 0 atom stereocenters. The SMILES string of the molecule is I.c1ccc2nccnc2c1. The summed E-state index contributed by atoms with van der Waals surface area (Å²) < 4.78 is 0. The summed E-state index contributed by atoms with van der Waals surface area (Å²) in [5.74, 6) is 0. The third-order valence-electron chi connectivity index (χ3n) is 1.38. The van der Waals surface area contributed by atoms with Crippen molar-refractivity contribution in [3.05, 3.63) is 36.7 Å². The molecule has 1 aromatic carbocycles. The molecule has 0 unspecified atom stereocenters. The monoisotopic (exact) mass is 258 g/mol. The van der Waals surface area contributed by atoms with E-state index in [0.717, 1.165) is 11.0 Å². The summed E-state index contributed by atoms with van der Waals surface area (Å²) in [6.07, 6.45) is 3.39. The lowest BCUT2D eigenvalue weighted by Crippen LogP contribution is -1.78. The summed E-state index contributed by atoms with van der Waals surface area (Å²) in [6, 6.07) is 7.80. The largest absolute Gasteiger partial charge is 0.253 e. The average molecular weight is 258 g/mol. The first-order valence-corrected chi connectivity index (χ1v) is 3.12. The van der Waals surface area contributed by atoms with Gasteiger partial charge in [0.15, 0.2) is 0 Å². The number of benzene rings is 1. The zero-order valence-electron chi connectivity index (χ0n) is 5.77. The van der Waals surface area contributed by atoms with E-state index in [9.17, 15) is 0 Å². The van der Waals surface area contributed by atoms with Crippen LogP contribution in [0.3, 0.4) is 0 Å². The molecule has 0 saturated heterocycles. The predicted molar refractivity (Wildman–Crippen MR) is 55.0 cm³/mol. The maximum Gasteiger partial charge on any atom is 0.0886 e. The highest BCUT2D eigenvalue weighted by Gasteiger charge is 1.88. The van der Waals surface area contributed by atoms with Crippen LogP contribution in [-0.2, 0) is 0 Å². The van der Waals surface area contributed by atoms with Gasteiger partial charge in [-0.15, -0.1) is 24.0 Å². The second-order valence-electron chi connectivity index (χ2n) is 2.05. The highest BCUT2D eigenvalue weighted by atomic mass is 127. The van der Waals surface area contributed by atoms with Gasteiger partial charge in [0.2, 0.25) is 0 Å². The summed E-state index contributed by atoms with van der Waals surface area (Å²) in [5, 5.41) is 0. The molecule has 0 amide bonds. The molecule has 0 N–H and O–H groups in total. The molecule has 1 heterocycles. The molecule has 0 fully saturated rings. The summed E-state index contributed by atoms with van der Waals surface area (Å²) >= 11 is 0. The van der Waals surface area contributed by atoms with Crippen LogP contribution in [0.15, 0.2) is 36.7 Å². The molecule has 2 rings (SSSR count). The highest BCUT2D eigenvalue weighted by molar-refractivity contribution is 14.0. The molecule has 0 aliphatic carbocycles. The molecule has 0 bridgehead atoms. The number of nitrogens with zero attached hydrogens (tertiary/aromatic N) is 2. The van der Waals surface area contributed by atoms with Gasteiger partial charge >= 0.3 is 0 Å². The van der Waals surface area contributed by atoms with E-state index < -0.39 is 0 Å². The number of aromatic nitrogens is 2. The van der Waals surface area contributed by atoms with Gasteiger partial charge in [-0.3, -0.25) is 9.97 Å². The first kappa shape index (κ1) is 8.39. The summed E-state index contributed by atoms with van der Waals surface area (Å²) in [5.41, 5.74) is 1.90. The molecular weight excluding hydrogens is 251 g/mol. The Morgan fingerprint density at radius 3 is 1.73 bits per heavy atom. The average Bonchev–Trinajstić information content (AvgIpc) is 2.05. The molecule has 2 nitrogen and oxygen atoms in total. The minimum absolute atomic E-state index is 0. The van der Waals surface area contributed by atoms with E-state index >= 15 is 0 Å². The van der Waals surface area contributed by atoms with Gasteiger partial charge in [-0.2, -0.15) is 0 Å². The Morgan fingerprint density at radius 2 is 1.27 bits per heavy atom. The van der Waals surface area contributed by atoms with Crippen molar-refractivity contribution in [1.82, 2.24) is 9.97 Å². The van der Waals surface area contributed by atoms with Crippen LogP contribution in [0.4, 0.5) is 0 Å². The number of para-hydroxylation sites is 2. The topological polar surface area (TPSA) is 25.8 Å². The van der Waals surface area contributed by atoms with Crippen molar-refractivity contribution >= 4 is 35.0 Å². The molecule has 0 aliphatic heterocycles. The molecule has 1 aromatic heterocycles. The molecule has 3 heteroatoms. The van der Waals surface area contributed by atoms with E-state index in [2.05, 4.69) is 9.97 Å². The van der Waals surface area contributed by atoms with Gasteiger partial charge < -0.3 is 0 Å². The van der Waals surface area contributed by atoms with Gasteiger partial charge in [0.05, 0.1) is 11.0 Å². The molecule has 0 spiro atoms. The molecule has 56 valence electrons. The lowest BCUT2D eigenvalue weighted by atomic mass is 10.3. The van der Waals surface area contributed by atoms with Gasteiger partial charge in [-0.25, -0.2) is 0 Å². The maximum absolute atomic E-state index is 4.12. The Balaban J connectivity index is 0.000000605. The van der Waals surface area contributed by atoms with Crippen LogP contribution in [0.5, 0.6) is 0 Å². The summed E-state index contributed by atoms with van der Waals surface area (Å²) in [7, 11) is 0. The fourth-order valence-electron chi connectivity index (χ4n) is 0.910. The second-order valence-corrected chi connectivity index (χ2v) is 2.05. The van der Waals surface area contributed by atoms with E-state index in [4.69, 9.17) is 0 Å². The van der Waals surface area contributed by atoms with E-state index in [-0.39, 0.29) is 24.0 Å². The van der Waals surface area contributed by atoms with E-state index in [1.54, 1.807) is 12.4 Å². The number of rotatable bonds is 0. The number of hydrogen-bond acceptors (Lipinski definition) is 2. The van der Waals surface area contributed by atoms with E-state index in [0.29, 0.717) is 0 Å². The quantitative estimate of drug-likeness (QED) is 0.677. The minimum Gasteiger partial charge on any atom is -0.253 e. The zero-order chi connectivity index (χ0) is 6.81. The van der Waals surface area contributed by atoms with Crippen LogP contribution in [0.25, 0.3) is 11.0 Å². The Morgan fingerprint density at radius 1 is 0.818 bits per heavy atom. The van der Waals surface area contributed by atoms with Crippen LogP contribution < -0.4 is 0 Å². The maximum atomic E-state index is 4.12. The smallest absolute Gasteiger partial charge is 0.0886 e. The lowest BCUT2D eigenvalue weighted by Gasteiger charge is -1.90. The lowest BCUT2D eigenvalue weighted by molar-refractivity contribution is 1.29. The molecule has 11 heavy (non-hydrogen) atoms. The third kappa shape index (κ3) is 1.65. The van der Waals surface area contributed by atoms with Crippen molar-refractivity contribution in [3.63, 3.8) is 0 Å². The molecule has 0 aliphatic rings. The standard InChI is InChI=1S/C8H6N2.HI/c1-2-4-8-7(3-1)9-5-6-10-8;/h1-6H;1H. The first-order valence-electron chi connectivity index (χ1n) is 3.12. The van der Waals surface area contributed by atoms with Crippen molar-refractivity contribution in [2.24, 2.45) is 0 Å². The van der Waals surface area contributed by atoms with Gasteiger partial charge in [-0.1, -0.05) is 12.1 Å². The van der Waals surface area contributed by atoms with Crippen molar-refractivity contribution in [3.8, 4) is 0 Å². The fourth-order valence-corrected chi connectivity index (χ4v) is 0.910. The van der Waals surface area contributed by atoms with Crippen LogP contribution in [0.1, 0.15) is 0 Å². The molecule has 0 radical (unpaired) electrons. The molecule has 0 saturated carbocycles. The van der Waals surface area contributed by atoms with Crippen LogP contribution in [0.2, 0.25) is 0 Å². The number of halogens is 1. The minimum atomic E-state index is 0. The zero-order valence-corrected chi connectivity index (χ0v) is 8.10. The molecule has 2 aromatic rings. The predicted octanol–water partition coefficient (Wildman–Crippen LogP) is 2.25. The molecular formula is C8H7IN2. The Hall–Kier alpha value is -0.710. The summed E-state index contributed by atoms with van der Waals surface area (Å²) in [4.78, 5) is 8.24. The Bertz CT molecular complexity index is 283. The van der Waals surface area contributed by atoms with Crippen LogP contribution >= 0.6 is 24.0 Å². The summed E-state index contributed by atoms with van der Waals surface area (Å²) in [6.45, 7) is 0. The Labute approximate surface area is 81.7 Å². The fraction of sp³-hybridized carbons (Fsp3) is 0. The first-order chi connectivity index (χ1) is 4.97. The van der Waals surface area contributed by atoms with Crippen LogP contribution in [0, 0.1) is 0 Å². The highest BCUT2D eigenvalue weighted by Crippen LogP contribution is 2.04. The van der Waals surface area contributed by atoms with E-state index in [1.165, 1.54) is 0 Å². The van der Waals surface area contributed by atoms with Crippen molar-refractivity contribution in [2.45, 2.75) is 0 Å². The van der Waals surface area contributed by atoms with Crippen molar-refractivity contribution in [2.75, 3.05) is 0 Å². The van der Waals surface area contributed by atoms with Crippen molar-refractivity contribution < 1.29 is 0 Å².